The van der Waals surface area contributed by atoms with Crippen LogP contribution < -0.4 is 16.0 Å². The molecule has 0 fully saturated rings. The minimum absolute atomic E-state index is 0.0418. The van der Waals surface area contributed by atoms with Crippen LogP contribution in [-0.4, -0.2) is 38.3 Å². The molecule has 1 rings (SSSR count). The van der Waals surface area contributed by atoms with Crippen LogP contribution in [0.3, 0.4) is 0 Å². The second-order valence-electron chi connectivity index (χ2n) is 3.50. The molecule has 16 heavy (non-hydrogen) atoms. The molecule has 0 saturated heterocycles. The molecule has 0 spiro atoms. The smallest absolute Gasteiger partial charge is 0.251 e. The van der Waals surface area contributed by atoms with E-state index in [4.69, 9.17) is 10.8 Å². The van der Waals surface area contributed by atoms with Gasteiger partial charge >= 0.3 is 0 Å². The Kier molecular flexibility index (Phi) is 4.13. The third-order valence-electron chi connectivity index (χ3n) is 2.37. The minimum Gasteiger partial charge on any atom is -0.397 e. The number of anilines is 2. The molecule has 1 aromatic carbocycles. The number of carbonyl (C=O) groups is 1. The first-order valence-corrected chi connectivity index (χ1v) is 5.03. The predicted octanol–water partition coefficient (Wildman–Crippen LogP) is 0.0569. The van der Waals surface area contributed by atoms with Crippen molar-refractivity contribution < 1.29 is 9.90 Å². The van der Waals surface area contributed by atoms with Gasteiger partial charge in [-0.1, -0.05) is 0 Å². The SMILES string of the molecule is CNC(=O)c1ccc(N)c(N(C)CCO)c1. The fourth-order valence-electron chi connectivity index (χ4n) is 1.43. The second-order valence-corrected chi connectivity index (χ2v) is 3.50. The van der Waals surface area contributed by atoms with Gasteiger partial charge in [-0.25, -0.2) is 0 Å². The van der Waals surface area contributed by atoms with Crippen LogP contribution in [0.2, 0.25) is 0 Å². The normalized spacial score (nSPS) is 9.94. The average molecular weight is 223 g/mol. The van der Waals surface area contributed by atoms with Gasteiger partial charge in [0, 0.05) is 26.2 Å². The molecule has 0 aromatic heterocycles. The predicted molar refractivity (Wildman–Crippen MR) is 64.6 cm³/mol. The van der Waals surface area contributed by atoms with Gasteiger partial charge in [0.1, 0.15) is 0 Å². The molecule has 5 nitrogen and oxygen atoms in total. The monoisotopic (exact) mass is 223 g/mol. The maximum absolute atomic E-state index is 11.4. The highest BCUT2D eigenvalue weighted by Crippen LogP contribution is 2.23. The Balaban J connectivity index is 3.03. The highest BCUT2D eigenvalue weighted by Gasteiger charge is 2.09. The Morgan fingerprint density at radius 1 is 1.56 bits per heavy atom. The number of nitrogens with two attached hydrogens (primary N) is 1. The van der Waals surface area contributed by atoms with E-state index < -0.39 is 0 Å². The number of likely N-dealkylation sites (N-methyl/N-ethyl adjacent to an activating group) is 1. The van der Waals surface area contributed by atoms with E-state index in [-0.39, 0.29) is 12.5 Å². The number of aliphatic hydroxyl groups excluding tert-OH is 1. The minimum atomic E-state index is -0.154. The van der Waals surface area contributed by atoms with Crippen molar-refractivity contribution >= 4 is 17.3 Å². The molecule has 1 amide bonds. The Bertz CT molecular complexity index is 379. The second kappa shape index (κ2) is 5.37. The van der Waals surface area contributed by atoms with Crippen LogP contribution in [0.5, 0.6) is 0 Å². The number of hydrogen-bond donors (Lipinski definition) is 3. The van der Waals surface area contributed by atoms with Gasteiger partial charge in [0.2, 0.25) is 0 Å². The number of nitrogens with one attached hydrogen (secondary N) is 1. The third kappa shape index (κ3) is 2.64. The zero-order chi connectivity index (χ0) is 12.1. The maximum Gasteiger partial charge on any atom is 0.251 e. The van der Waals surface area contributed by atoms with Crippen molar-refractivity contribution in [3.63, 3.8) is 0 Å². The molecule has 4 N–H and O–H groups in total. The van der Waals surface area contributed by atoms with Gasteiger partial charge in [-0.15, -0.1) is 0 Å². The highest BCUT2D eigenvalue weighted by molar-refractivity contribution is 5.96. The summed E-state index contributed by atoms with van der Waals surface area (Å²) in [4.78, 5) is 13.2. The number of rotatable bonds is 4. The first-order valence-electron chi connectivity index (χ1n) is 5.03. The fourth-order valence-corrected chi connectivity index (χ4v) is 1.43. The quantitative estimate of drug-likeness (QED) is 0.631. The molecule has 0 radical (unpaired) electrons. The molecule has 0 aliphatic heterocycles. The van der Waals surface area contributed by atoms with Gasteiger partial charge < -0.3 is 21.1 Å². The number of aliphatic hydroxyl groups is 1. The molecule has 0 aliphatic carbocycles. The van der Waals surface area contributed by atoms with Crippen molar-refractivity contribution in [3.05, 3.63) is 23.8 Å². The van der Waals surface area contributed by atoms with E-state index in [1.807, 2.05) is 11.9 Å². The van der Waals surface area contributed by atoms with E-state index in [0.717, 1.165) is 5.69 Å². The van der Waals surface area contributed by atoms with Gasteiger partial charge in [0.15, 0.2) is 0 Å². The molecule has 0 saturated carbocycles. The lowest BCUT2D eigenvalue weighted by Gasteiger charge is -2.20. The summed E-state index contributed by atoms with van der Waals surface area (Å²) in [6, 6.07) is 5.07. The Morgan fingerprint density at radius 3 is 2.81 bits per heavy atom. The molecule has 0 atom stereocenters. The van der Waals surface area contributed by atoms with Crippen molar-refractivity contribution in [2.45, 2.75) is 0 Å². The summed E-state index contributed by atoms with van der Waals surface area (Å²) in [5.41, 5.74) is 7.69. The highest BCUT2D eigenvalue weighted by atomic mass is 16.3. The summed E-state index contributed by atoms with van der Waals surface area (Å²) in [6.45, 7) is 0.515. The molecule has 0 heterocycles. The van der Waals surface area contributed by atoms with E-state index in [9.17, 15) is 4.79 Å². The summed E-state index contributed by atoms with van der Waals surface area (Å²) in [7, 11) is 3.39. The molecule has 0 bridgehead atoms. The number of carbonyl (C=O) groups excluding carboxylic acids is 1. The summed E-state index contributed by atoms with van der Waals surface area (Å²) in [5, 5.41) is 11.4. The van der Waals surface area contributed by atoms with Crippen molar-refractivity contribution in [3.8, 4) is 0 Å². The standard InChI is InChI=1S/C11H17N3O2/c1-13-11(16)8-3-4-9(12)10(7-8)14(2)5-6-15/h3-4,7,15H,5-6,12H2,1-2H3,(H,13,16). The third-order valence-corrected chi connectivity index (χ3v) is 2.37. The summed E-state index contributed by atoms with van der Waals surface area (Å²) in [6.07, 6.45) is 0. The molecule has 1 aromatic rings. The number of nitrogens with zero attached hydrogens (tertiary/aromatic N) is 1. The molecule has 88 valence electrons. The van der Waals surface area contributed by atoms with Crippen LogP contribution in [0, 0.1) is 0 Å². The van der Waals surface area contributed by atoms with Crippen LogP contribution in [0.4, 0.5) is 11.4 Å². The van der Waals surface area contributed by atoms with E-state index in [0.29, 0.717) is 17.8 Å². The zero-order valence-corrected chi connectivity index (χ0v) is 9.53. The maximum atomic E-state index is 11.4. The van der Waals surface area contributed by atoms with Crippen LogP contribution in [0.25, 0.3) is 0 Å². The largest absolute Gasteiger partial charge is 0.397 e. The number of hydrogen-bond acceptors (Lipinski definition) is 4. The van der Waals surface area contributed by atoms with Gasteiger partial charge in [0.05, 0.1) is 18.0 Å². The first kappa shape index (κ1) is 12.3. The van der Waals surface area contributed by atoms with Crippen LogP contribution in [-0.2, 0) is 0 Å². The number of nitrogen functional groups attached to an aromatic ring is 1. The van der Waals surface area contributed by atoms with Crippen molar-refractivity contribution in [1.82, 2.24) is 5.32 Å². The zero-order valence-electron chi connectivity index (χ0n) is 9.53. The molecular formula is C11H17N3O2. The molecule has 0 aliphatic rings. The molecule has 5 heteroatoms. The van der Waals surface area contributed by atoms with Gasteiger partial charge in [-0.2, -0.15) is 0 Å². The topological polar surface area (TPSA) is 78.6 Å². The number of amides is 1. The molecular weight excluding hydrogens is 206 g/mol. The lowest BCUT2D eigenvalue weighted by molar-refractivity contribution is 0.0963. The lowest BCUT2D eigenvalue weighted by atomic mass is 10.1. The van der Waals surface area contributed by atoms with Crippen molar-refractivity contribution in [2.75, 3.05) is 37.9 Å². The van der Waals surface area contributed by atoms with Crippen LogP contribution >= 0.6 is 0 Å². The van der Waals surface area contributed by atoms with Crippen molar-refractivity contribution in [1.29, 1.82) is 0 Å². The first-order chi connectivity index (χ1) is 7.60. The van der Waals surface area contributed by atoms with Gasteiger partial charge in [-0.05, 0) is 18.2 Å². The Morgan fingerprint density at radius 2 is 2.25 bits per heavy atom. The van der Waals surface area contributed by atoms with Crippen LogP contribution in [0.15, 0.2) is 18.2 Å². The molecule has 0 unspecified atom stereocenters. The summed E-state index contributed by atoms with van der Waals surface area (Å²) >= 11 is 0. The van der Waals surface area contributed by atoms with Gasteiger partial charge in [-0.3, -0.25) is 4.79 Å². The fraction of sp³-hybridized carbons (Fsp3) is 0.364. The Hall–Kier alpha value is -1.75. The van der Waals surface area contributed by atoms with Crippen molar-refractivity contribution in [2.24, 2.45) is 0 Å². The number of benzene rings is 1. The average Bonchev–Trinajstić information content (AvgIpc) is 2.29. The van der Waals surface area contributed by atoms with Crippen LogP contribution in [0.1, 0.15) is 10.4 Å². The van der Waals surface area contributed by atoms with E-state index in [2.05, 4.69) is 5.32 Å². The Labute approximate surface area is 94.9 Å². The van der Waals surface area contributed by atoms with Gasteiger partial charge in [0.25, 0.3) is 5.91 Å². The van der Waals surface area contributed by atoms with E-state index in [1.54, 1.807) is 25.2 Å². The van der Waals surface area contributed by atoms with E-state index in [1.165, 1.54) is 0 Å². The van der Waals surface area contributed by atoms with E-state index >= 15 is 0 Å². The lowest BCUT2D eigenvalue weighted by Crippen LogP contribution is -2.23. The summed E-state index contributed by atoms with van der Waals surface area (Å²) in [5.74, 6) is -0.154. The summed E-state index contributed by atoms with van der Waals surface area (Å²) < 4.78 is 0.